The van der Waals surface area contributed by atoms with E-state index in [9.17, 15) is 14.3 Å². The minimum atomic E-state index is -0.470. The molecule has 1 saturated heterocycles. The number of nitrogens with zero attached hydrogens (tertiary/aromatic N) is 1. The molecule has 0 radical (unpaired) electrons. The van der Waals surface area contributed by atoms with Gasteiger partial charge >= 0.3 is 0 Å². The largest absolute Gasteiger partial charge is 0.393 e. The fourth-order valence-corrected chi connectivity index (χ4v) is 1.95. The Bertz CT molecular complexity index is 214. The molecule has 0 saturated carbocycles. The van der Waals surface area contributed by atoms with Crippen LogP contribution in [0.3, 0.4) is 0 Å². The highest BCUT2D eigenvalue weighted by atomic mass is 19.1. The molecule has 5 heteroatoms. The van der Waals surface area contributed by atoms with Crippen LogP contribution < -0.4 is 5.73 Å². The second kappa shape index (κ2) is 6.02. The smallest absolute Gasteiger partial charge is 0.223 e. The highest BCUT2D eigenvalue weighted by Gasteiger charge is 2.29. The standard InChI is InChI=1S/C10H19FN2O2/c11-4-1-8-7-13(6-3-9(8)14)10(15)2-5-12/h8-9,14H,1-7,12H2. The molecule has 1 aliphatic heterocycles. The van der Waals surface area contributed by atoms with E-state index in [1.165, 1.54) is 0 Å². The van der Waals surface area contributed by atoms with Crippen LogP contribution in [0.4, 0.5) is 4.39 Å². The summed E-state index contributed by atoms with van der Waals surface area (Å²) in [5.41, 5.74) is 5.30. The summed E-state index contributed by atoms with van der Waals surface area (Å²) in [6.07, 6.45) is 0.732. The van der Waals surface area contributed by atoms with Crippen molar-refractivity contribution in [1.82, 2.24) is 4.90 Å². The number of hydrogen-bond donors (Lipinski definition) is 2. The Morgan fingerprint density at radius 3 is 2.93 bits per heavy atom. The number of aliphatic hydroxyl groups excluding tert-OH is 1. The van der Waals surface area contributed by atoms with Crippen molar-refractivity contribution in [2.45, 2.75) is 25.4 Å². The van der Waals surface area contributed by atoms with Crippen molar-refractivity contribution in [3.63, 3.8) is 0 Å². The maximum absolute atomic E-state index is 12.2. The summed E-state index contributed by atoms with van der Waals surface area (Å²) in [7, 11) is 0. The van der Waals surface area contributed by atoms with Crippen LogP contribution in [0.15, 0.2) is 0 Å². The van der Waals surface area contributed by atoms with Gasteiger partial charge in [-0.15, -0.1) is 0 Å². The van der Waals surface area contributed by atoms with Crippen LogP contribution >= 0.6 is 0 Å². The molecule has 1 rings (SSSR count). The molecule has 0 aliphatic carbocycles. The number of carbonyl (C=O) groups excluding carboxylic acids is 1. The zero-order valence-electron chi connectivity index (χ0n) is 8.86. The first-order valence-corrected chi connectivity index (χ1v) is 5.41. The van der Waals surface area contributed by atoms with E-state index in [1.54, 1.807) is 4.90 Å². The molecule has 2 atom stereocenters. The van der Waals surface area contributed by atoms with Crippen LogP contribution in [0, 0.1) is 5.92 Å². The predicted octanol–water partition coefficient (Wildman–Crippen LogP) is -0.0958. The fourth-order valence-electron chi connectivity index (χ4n) is 1.95. The average molecular weight is 218 g/mol. The lowest BCUT2D eigenvalue weighted by Crippen LogP contribution is -2.46. The van der Waals surface area contributed by atoms with Crippen LogP contribution in [0.25, 0.3) is 0 Å². The van der Waals surface area contributed by atoms with E-state index in [4.69, 9.17) is 5.73 Å². The molecule has 0 spiro atoms. The average Bonchev–Trinajstić information content (AvgIpc) is 2.22. The van der Waals surface area contributed by atoms with E-state index in [1.807, 2.05) is 0 Å². The third kappa shape index (κ3) is 3.43. The minimum absolute atomic E-state index is 0.00765. The number of alkyl halides is 1. The Kier molecular flexibility index (Phi) is 4.98. The predicted molar refractivity (Wildman–Crippen MR) is 55.0 cm³/mol. The summed E-state index contributed by atoms with van der Waals surface area (Å²) in [4.78, 5) is 13.2. The molecule has 1 amide bonds. The van der Waals surface area contributed by atoms with Gasteiger partial charge in [0.05, 0.1) is 12.8 Å². The molecule has 0 bridgehead atoms. The zero-order chi connectivity index (χ0) is 11.3. The van der Waals surface area contributed by atoms with Crippen molar-refractivity contribution < 1.29 is 14.3 Å². The first-order valence-electron chi connectivity index (χ1n) is 5.41. The molecular weight excluding hydrogens is 199 g/mol. The highest BCUT2D eigenvalue weighted by molar-refractivity contribution is 5.76. The Hall–Kier alpha value is -0.680. The van der Waals surface area contributed by atoms with E-state index >= 15 is 0 Å². The second-order valence-electron chi connectivity index (χ2n) is 3.97. The molecule has 2 unspecified atom stereocenters. The number of likely N-dealkylation sites (tertiary alicyclic amines) is 1. The van der Waals surface area contributed by atoms with E-state index < -0.39 is 12.8 Å². The maximum atomic E-state index is 12.2. The van der Waals surface area contributed by atoms with Gasteiger partial charge in [-0.05, 0) is 12.8 Å². The number of hydrogen-bond acceptors (Lipinski definition) is 3. The van der Waals surface area contributed by atoms with Crippen LogP contribution in [0.5, 0.6) is 0 Å². The summed E-state index contributed by atoms with van der Waals surface area (Å²) in [5, 5.41) is 9.60. The van der Waals surface area contributed by atoms with Crippen LogP contribution in [-0.4, -0.2) is 48.3 Å². The molecule has 3 N–H and O–H groups in total. The van der Waals surface area contributed by atoms with Crippen LogP contribution in [0.1, 0.15) is 19.3 Å². The second-order valence-corrected chi connectivity index (χ2v) is 3.97. The van der Waals surface area contributed by atoms with Gasteiger partial charge in [-0.25, -0.2) is 0 Å². The van der Waals surface area contributed by atoms with E-state index in [0.29, 0.717) is 38.9 Å². The third-order valence-corrected chi connectivity index (χ3v) is 2.88. The molecule has 88 valence electrons. The summed E-state index contributed by atoms with van der Waals surface area (Å²) in [6.45, 7) is 0.916. The Morgan fingerprint density at radius 2 is 2.33 bits per heavy atom. The monoisotopic (exact) mass is 218 g/mol. The number of nitrogens with two attached hydrogens (primary N) is 1. The van der Waals surface area contributed by atoms with Gasteiger partial charge in [0.15, 0.2) is 0 Å². The number of amides is 1. The van der Waals surface area contributed by atoms with Crippen LogP contribution in [0.2, 0.25) is 0 Å². The van der Waals surface area contributed by atoms with Gasteiger partial charge in [-0.1, -0.05) is 0 Å². The van der Waals surface area contributed by atoms with E-state index in [2.05, 4.69) is 0 Å². The number of halogens is 1. The quantitative estimate of drug-likeness (QED) is 0.692. The third-order valence-electron chi connectivity index (χ3n) is 2.88. The lowest BCUT2D eigenvalue weighted by Gasteiger charge is -2.35. The SMILES string of the molecule is NCCC(=O)N1CCC(O)C(CCF)C1. The summed E-state index contributed by atoms with van der Waals surface area (Å²) in [5.74, 6) is -0.112. The number of carbonyl (C=O) groups is 1. The van der Waals surface area contributed by atoms with Crippen molar-refractivity contribution in [3.05, 3.63) is 0 Å². The van der Waals surface area contributed by atoms with Crippen molar-refractivity contribution >= 4 is 5.91 Å². The lowest BCUT2D eigenvalue weighted by atomic mass is 9.92. The maximum Gasteiger partial charge on any atom is 0.223 e. The van der Waals surface area contributed by atoms with E-state index in [-0.39, 0.29) is 11.8 Å². The first-order chi connectivity index (χ1) is 7.19. The van der Waals surface area contributed by atoms with Crippen molar-refractivity contribution in [3.8, 4) is 0 Å². The molecule has 1 aliphatic rings. The van der Waals surface area contributed by atoms with Crippen molar-refractivity contribution in [2.75, 3.05) is 26.3 Å². The lowest BCUT2D eigenvalue weighted by molar-refractivity contribution is -0.134. The van der Waals surface area contributed by atoms with E-state index in [0.717, 1.165) is 0 Å². The molecule has 0 aromatic rings. The van der Waals surface area contributed by atoms with Gasteiger partial charge in [-0.3, -0.25) is 9.18 Å². The van der Waals surface area contributed by atoms with Gasteiger partial charge in [-0.2, -0.15) is 0 Å². The van der Waals surface area contributed by atoms with Gasteiger partial charge in [0.25, 0.3) is 0 Å². The number of rotatable bonds is 4. The van der Waals surface area contributed by atoms with Crippen LogP contribution in [-0.2, 0) is 4.79 Å². The molecule has 1 heterocycles. The number of piperidine rings is 1. The first kappa shape index (κ1) is 12.4. The van der Waals surface area contributed by atoms with Gasteiger partial charge in [0.1, 0.15) is 0 Å². The zero-order valence-corrected chi connectivity index (χ0v) is 8.86. The highest BCUT2D eigenvalue weighted by Crippen LogP contribution is 2.20. The summed E-state index contributed by atoms with van der Waals surface area (Å²) < 4.78 is 12.2. The summed E-state index contributed by atoms with van der Waals surface area (Å²) in [6, 6.07) is 0. The Balaban J connectivity index is 2.45. The number of aliphatic hydroxyl groups is 1. The van der Waals surface area contributed by atoms with Crippen molar-refractivity contribution in [2.24, 2.45) is 11.7 Å². The Morgan fingerprint density at radius 1 is 1.60 bits per heavy atom. The van der Waals surface area contributed by atoms with Gasteiger partial charge in [0, 0.05) is 32.0 Å². The minimum Gasteiger partial charge on any atom is -0.393 e. The summed E-state index contributed by atoms with van der Waals surface area (Å²) >= 11 is 0. The molecule has 15 heavy (non-hydrogen) atoms. The topological polar surface area (TPSA) is 66.6 Å². The normalized spacial score (nSPS) is 26.7. The fraction of sp³-hybridized carbons (Fsp3) is 0.900. The molecular formula is C10H19FN2O2. The molecule has 0 aromatic heterocycles. The molecule has 4 nitrogen and oxygen atoms in total. The van der Waals surface area contributed by atoms with Gasteiger partial charge in [0.2, 0.25) is 5.91 Å². The molecule has 0 aromatic carbocycles. The molecule has 1 fully saturated rings. The Labute approximate surface area is 89.2 Å². The van der Waals surface area contributed by atoms with Crippen molar-refractivity contribution in [1.29, 1.82) is 0 Å². The van der Waals surface area contributed by atoms with Gasteiger partial charge < -0.3 is 15.7 Å².